The Labute approximate surface area is 176 Å². The molecule has 3 aromatic rings. The number of hydrogen-bond donors (Lipinski definition) is 2. The smallest absolute Gasteiger partial charge is 0.326 e. The van der Waals surface area contributed by atoms with Crippen molar-refractivity contribution in [2.75, 3.05) is 13.2 Å². The highest BCUT2D eigenvalue weighted by atomic mass is 19.1. The first kappa shape index (κ1) is 21.6. The number of ether oxygens (including phenoxy) is 1. The van der Waals surface area contributed by atoms with Gasteiger partial charge in [0.05, 0.1) is 12.1 Å². The summed E-state index contributed by atoms with van der Waals surface area (Å²) in [5.74, 6) is -2.71. The van der Waals surface area contributed by atoms with Crippen LogP contribution in [0.25, 0.3) is 10.9 Å². The summed E-state index contributed by atoms with van der Waals surface area (Å²) in [6, 6.07) is 11.6. The number of nitrogens with zero attached hydrogens (tertiary/aromatic N) is 3. The van der Waals surface area contributed by atoms with Crippen LogP contribution in [0.4, 0.5) is 10.1 Å². The minimum absolute atomic E-state index is 0.0121. The molecule has 0 saturated heterocycles. The van der Waals surface area contributed by atoms with Crippen molar-refractivity contribution in [1.82, 2.24) is 9.88 Å². The number of halogens is 1. The number of benzene rings is 2. The Morgan fingerprint density at radius 1 is 1.13 bits per heavy atom. The van der Waals surface area contributed by atoms with E-state index in [1.807, 2.05) is 0 Å². The molecule has 0 atom stereocenters. The van der Waals surface area contributed by atoms with E-state index < -0.39 is 30.1 Å². The number of esters is 1. The number of hydrogen-bond acceptors (Lipinski definition) is 6. The fourth-order valence-electron chi connectivity index (χ4n) is 2.87. The zero-order chi connectivity index (χ0) is 22.4. The van der Waals surface area contributed by atoms with Gasteiger partial charge in [-0.2, -0.15) is 0 Å². The normalized spacial score (nSPS) is 11.0. The van der Waals surface area contributed by atoms with E-state index in [0.29, 0.717) is 10.9 Å². The van der Waals surface area contributed by atoms with Gasteiger partial charge in [-0.1, -0.05) is 18.2 Å². The molecule has 0 aliphatic rings. The summed E-state index contributed by atoms with van der Waals surface area (Å²) in [6.45, 7) is 1.19. The molecule has 0 radical (unpaired) electrons. The van der Waals surface area contributed by atoms with Crippen LogP contribution in [0.3, 0.4) is 0 Å². The number of aromatic nitrogens is 1. The molecule has 0 fully saturated rings. The molecule has 0 bridgehead atoms. The molecule has 0 unspecified atom stereocenters. The number of rotatable bonds is 7. The number of amides is 2. The highest BCUT2D eigenvalue weighted by Crippen LogP contribution is 2.38. The third kappa shape index (κ3) is 5.10. The Morgan fingerprint density at radius 3 is 2.55 bits per heavy atom. The van der Waals surface area contributed by atoms with Crippen LogP contribution in [-0.4, -0.2) is 40.6 Å². The summed E-state index contributed by atoms with van der Waals surface area (Å²) in [4.78, 5) is 35.8. The van der Waals surface area contributed by atoms with Crippen molar-refractivity contribution in [3.63, 3.8) is 0 Å². The van der Waals surface area contributed by atoms with Crippen LogP contribution >= 0.6 is 0 Å². The van der Waals surface area contributed by atoms with Crippen LogP contribution in [0.15, 0.2) is 58.8 Å². The molecule has 0 spiro atoms. The van der Waals surface area contributed by atoms with Gasteiger partial charge in [-0.25, -0.2) is 4.39 Å². The third-order valence-corrected chi connectivity index (χ3v) is 4.28. The van der Waals surface area contributed by atoms with Gasteiger partial charge < -0.3 is 15.2 Å². The zero-order valence-electron chi connectivity index (χ0n) is 16.5. The van der Waals surface area contributed by atoms with Crippen molar-refractivity contribution in [3.8, 4) is 5.88 Å². The maximum atomic E-state index is 12.9. The molecular weight excluding hydrogens is 407 g/mol. The molecule has 1 aromatic heterocycles. The van der Waals surface area contributed by atoms with Gasteiger partial charge in [0.15, 0.2) is 5.69 Å². The molecule has 9 nitrogen and oxygen atoms in total. The third-order valence-electron chi connectivity index (χ3n) is 4.28. The summed E-state index contributed by atoms with van der Waals surface area (Å²) < 4.78 is 19.1. The fraction of sp³-hybridized carbons (Fsp3) is 0.190. The van der Waals surface area contributed by atoms with Crippen molar-refractivity contribution in [2.24, 2.45) is 10.2 Å². The maximum absolute atomic E-state index is 12.9. The van der Waals surface area contributed by atoms with E-state index in [4.69, 9.17) is 4.74 Å². The predicted octanol–water partition coefficient (Wildman–Crippen LogP) is 3.09. The number of aromatic hydroxyl groups is 1. The summed E-state index contributed by atoms with van der Waals surface area (Å²) >= 11 is 0. The molecule has 160 valence electrons. The molecule has 2 amide bonds. The van der Waals surface area contributed by atoms with Crippen molar-refractivity contribution in [3.05, 3.63) is 59.9 Å². The number of azo groups is 1. The van der Waals surface area contributed by atoms with Crippen LogP contribution in [-0.2, 0) is 20.9 Å². The fourth-order valence-corrected chi connectivity index (χ4v) is 2.87. The highest BCUT2D eigenvalue weighted by Gasteiger charge is 2.19. The van der Waals surface area contributed by atoms with Gasteiger partial charge in [0.25, 0.3) is 11.8 Å². The van der Waals surface area contributed by atoms with Crippen molar-refractivity contribution in [2.45, 2.75) is 13.5 Å². The van der Waals surface area contributed by atoms with Gasteiger partial charge in [0.2, 0.25) is 5.88 Å². The topological polar surface area (TPSA) is 122 Å². The highest BCUT2D eigenvalue weighted by molar-refractivity contribution is 5.97. The molecule has 2 aromatic carbocycles. The number of fused-ring (bicyclic) bond motifs is 1. The van der Waals surface area contributed by atoms with E-state index in [1.54, 1.807) is 31.2 Å². The lowest BCUT2D eigenvalue weighted by atomic mass is 10.2. The SMILES string of the molecule is CCOC(=O)Cn1c(O)c(N=NC(=O)CNC(=O)c2ccc(F)cc2)c2ccccc21. The Kier molecular flexibility index (Phi) is 6.71. The summed E-state index contributed by atoms with van der Waals surface area (Å²) in [6.07, 6.45) is 0. The van der Waals surface area contributed by atoms with Crippen LogP contribution in [0.1, 0.15) is 17.3 Å². The summed E-state index contributed by atoms with van der Waals surface area (Å²) in [7, 11) is 0. The van der Waals surface area contributed by atoms with E-state index in [2.05, 4.69) is 15.5 Å². The van der Waals surface area contributed by atoms with E-state index in [-0.39, 0.29) is 30.3 Å². The van der Waals surface area contributed by atoms with Crippen molar-refractivity contribution in [1.29, 1.82) is 0 Å². The van der Waals surface area contributed by atoms with Crippen LogP contribution in [0.2, 0.25) is 0 Å². The minimum Gasteiger partial charge on any atom is -0.493 e. The molecule has 31 heavy (non-hydrogen) atoms. The largest absolute Gasteiger partial charge is 0.493 e. The molecule has 1 heterocycles. The van der Waals surface area contributed by atoms with Gasteiger partial charge >= 0.3 is 5.97 Å². The lowest BCUT2D eigenvalue weighted by molar-refractivity contribution is -0.143. The van der Waals surface area contributed by atoms with Gasteiger partial charge in [-0.3, -0.25) is 19.0 Å². The monoisotopic (exact) mass is 426 g/mol. The number of carbonyl (C=O) groups excluding carboxylic acids is 3. The predicted molar refractivity (Wildman–Crippen MR) is 108 cm³/mol. The van der Waals surface area contributed by atoms with E-state index in [1.165, 1.54) is 16.7 Å². The second-order valence-electron chi connectivity index (χ2n) is 6.36. The molecule has 0 aliphatic carbocycles. The number of nitrogens with one attached hydrogen (secondary N) is 1. The first-order valence-electron chi connectivity index (χ1n) is 9.34. The van der Waals surface area contributed by atoms with Gasteiger partial charge in [0, 0.05) is 10.9 Å². The first-order valence-corrected chi connectivity index (χ1v) is 9.34. The second kappa shape index (κ2) is 9.61. The number of para-hydroxylation sites is 1. The quantitative estimate of drug-likeness (QED) is 0.444. The average Bonchev–Trinajstić information content (AvgIpc) is 3.02. The Bertz CT molecular complexity index is 1150. The zero-order valence-corrected chi connectivity index (χ0v) is 16.5. The first-order chi connectivity index (χ1) is 14.9. The Balaban J connectivity index is 1.74. The standard InChI is InChI=1S/C21H19FN4O5/c1-2-31-18(28)12-26-16-6-4-3-5-15(16)19(21(26)30)25-24-17(27)11-23-20(29)13-7-9-14(22)10-8-13/h3-10,30H,2,11-12H2,1H3,(H,23,29). The minimum atomic E-state index is -0.767. The van der Waals surface area contributed by atoms with Crippen molar-refractivity contribution >= 4 is 34.4 Å². The van der Waals surface area contributed by atoms with E-state index in [0.717, 1.165) is 12.1 Å². The van der Waals surface area contributed by atoms with Crippen molar-refractivity contribution < 1.29 is 28.6 Å². The van der Waals surface area contributed by atoms with Crippen LogP contribution < -0.4 is 5.32 Å². The van der Waals surface area contributed by atoms with E-state index >= 15 is 0 Å². The van der Waals surface area contributed by atoms with Gasteiger partial charge in [-0.05, 0) is 37.3 Å². The number of carbonyl (C=O) groups is 3. The van der Waals surface area contributed by atoms with E-state index in [9.17, 15) is 23.9 Å². The molecular formula is C21H19FN4O5. The second-order valence-corrected chi connectivity index (χ2v) is 6.36. The van der Waals surface area contributed by atoms with Gasteiger partial charge in [0.1, 0.15) is 18.9 Å². The Morgan fingerprint density at radius 2 is 1.84 bits per heavy atom. The molecule has 2 N–H and O–H groups in total. The molecule has 0 aliphatic heterocycles. The molecule has 3 rings (SSSR count). The maximum Gasteiger partial charge on any atom is 0.326 e. The van der Waals surface area contributed by atoms with Gasteiger partial charge in [-0.15, -0.1) is 10.2 Å². The molecule has 10 heteroatoms. The van der Waals surface area contributed by atoms with Crippen LogP contribution in [0, 0.1) is 5.82 Å². The average molecular weight is 426 g/mol. The lowest BCUT2D eigenvalue weighted by Gasteiger charge is -2.06. The summed E-state index contributed by atoms with van der Waals surface area (Å²) in [5.41, 5.74) is 0.711. The van der Waals surface area contributed by atoms with Crippen LogP contribution in [0.5, 0.6) is 5.88 Å². The molecule has 0 saturated carbocycles. The summed E-state index contributed by atoms with van der Waals surface area (Å²) in [5, 5.41) is 20.7. The Hall–Kier alpha value is -4.08. The lowest BCUT2D eigenvalue weighted by Crippen LogP contribution is -2.28.